The van der Waals surface area contributed by atoms with E-state index in [9.17, 15) is 4.79 Å². The molecule has 2 nitrogen and oxygen atoms in total. The maximum absolute atomic E-state index is 12.4. The van der Waals surface area contributed by atoms with Crippen molar-refractivity contribution in [3.8, 4) is 5.75 Å². The Morgan fingerprint density at radius 1 is 0.944 bits per heavy atom. The van der Waals surface area contributed by atoms with E-state index in [1.54, 1.807) is 11.3 Å². The first kappa shape index (κ1) is 11.2. The van der Waals surface area contributed by atoms with Gasteiger partial charge in [0.2, 0.25) is 0 Å². The molecule has 0 bridgehead atoms. The van der Waals surface area contributed by atoms with E-state index in [2.05, 4.69) is 4.37 Å². The fourth-order valence-electron chi connectivity index (χ4n) is 2.12. The van der Waals surface area contributed by atoms with Gasteiger partial charge in [-0.2, -0.15) is 0 Å². The molecule has 90 valence electrons. The van der Waals surface area contributed by atoms with Crippen molar-refractivity contribution < 1.29 is 4.37 Å². The first-order valence-electron chi connectivity index (χ1n) is 5.70. The molecule has 0 amide bonds. The maximum Gasteiger partial charge on any atom is 0.273 e. The van der Waals surface area contributed by atoms with Crippen LogP contribution in [0.2, 0.25) is 0 Å². The molecule has 0 saturated carbocycles. The van der Waals surface area contributed by atoms with Gasteiger partial charge in [-0.3, -0.25) is 4.79 Å². The van der Waals surface area contributed by atoms with E-state index in [-0.39, 0.29) is 5.43 Å². The van der Waals surface area contributed by atoms with Gasteiger partial charge in [-0.1, -0.05) is 18.2 Å². The van der Waals surface area contributed by atoms with Crippen LogP contribution >= 0.6 is 11.3 Å². The van der Waals surface area contributed by atoms with Crippen molar-refractivity contribution in [3.05, 3.63) is 52.7 Å². The highest BCUT2D eigenvalue weighted by atomic mass is 32.1. The van der Waals surface area contributed by atoms with Crippen LogP contribution in [0.25, 0.3) is 20.2 Å². The zero-order valence-electron chi connectivity index (χ0n) is 10.3. The van der Waals surface area contributed by atoms with Crippen molar-refractivity contribution in [2.45, 2.75) is 0 Å². The van der Waals surface area contributed by atoms with Gasteiger partial charge in [-0.05, 0) is 18.2 Å². The standard InChI is InChI=1S/C15H13O2S/c1-17(2)12-8-5-7-11-14(16)10-6-3-4-9-13(10)18-15(11)12/h3-9H,1-2H3/q+1. The minimum absolute atomic E-state index is 0.114. The van der Waals surface area contributed by atoms with E-state index in [1.165, 1.54) is 0 Å². The molecule has 0 N–H and O–H groups in total. The van der Waals surface area contributed by atoms with Crippen molar-refractivity contribution in [2.75, 3.05) is 14.2 Å². The molecule has 1 heterocycles. The van der Waals surface area contributed by atoms with Crippen LogP contribution in [0.4, 0.5) is 0 Å². The van der Waals surface area contributed by atoms with Crippen LogP contribution in [0.5, 0.6) is 5.75 Å². The predicted molar refractivity (Wildman–Crippen MR) is 78.0 cm³/mol. The summed E-state index contributed by atoms with van der Waals surface area (Å²) in [5.41, 5.74) is 0.114. The lowest BCUT2D eigenvalue weighted by molar-refractivity contribution is 0.0525. The fourth-order valence-corrected chi connectivity index (χ4v) is 3.36. The Morgan fingerprint density at radius 2 is 1.67 bits per heavy atom. The van der Waals surface area contributed by atoms with Crippen LogP contribution in [0.15, 0.2) is 47.3 Å². The lowest BCUT2D eigenvalue weighted by atomic mass is 10.2. The normalized spacial score (nSPS) is 11.0. The van der Waals surface area contributed by atoms with Gasteiger partial charge >= 0.3 is 0 Å². The SMILES string of the molecule is C[O+](C)c1cccc2c(=O)c3ccccc3sc12. The van der Waals surface area contributed by atoms with Crippen LogP contribution in [0.3, 0.4) is 0 Å². The molecule has 3 heteroatoms. The van der Waals surface area contributed by atoms with Crippen LogP contribution in [-0.4, -0.2) is 14.2 Å². The van der Waals surface area contributed by atoms with Gasteiger partial charge in [0.15, 0.2) is 19.6 Å². The molecule has 2 aromatic carbocycles. The molecule has 0 aliphatic heterocycles. The third-order valence-corrected chi connectivity index (χ3v) is 4.21. The van der Waals surface area contributed by atoms with Crippen LogP contribution in [0.1, 0.15) is 0 Å². The Kier molecular flexibility index (Phi) is 2.56. The van der Waals surface area contributed by atoms with Gasteiger partial charge in [0, 0.05) is 21.5 Å². The predicted octanol–water partition coefficient (Wildman–Crippen LogP) is 3.94. The number of hydrogen-bond acceptors (Lipinski definition) is 2. The molecule has 0 fully saturated rings. The molecule has 18 heavy (non-hydrogen) atoms. The van der Waals surface area contributed by atoms with Gasteiger partial charge in [0.1, 0.15) is 4.70 Å². The monoisotopic (exact) mass is 257 g/mol. The Morgan fingerprint density at radius 3 is 2.44 bits per heavy atom. The van der Waals surface area contributed by atoms with Crippen molar-refractivity contribution in [2.24, 2.45) is 0 Å². The number of hydrogen-bond donors (Lipinski definition) is 0. The molecule has 0 spiro atoms. The van der Waals surface area contributed by atoms with Gasteiger partial charge in [-0.15, -0.1) is 11.3 Å². The average Bonchev–Trinajstić information content (AvgIpc) is 2.38. The minimum Gasteiger partial charge on any atom is -0.575 e. The first-order chi connectivity index (χ1) is 8.68. The summed E-state index contributed by atoms with van der Waals surface area (Å²) in [4.78, 5) is 12.4. The summed E-state index contributed by atoms with van der Waals surface area (Å²) in [6.45, 7) is 0. The van der Waals surface area contributed by atoms with Gasteiger partial charge in [0.25, 0.3) is 5.75 Å². The molecule has 0 saturated heterocycles. The number of fused-ring (bicyclic) bond motifs is 2. The molecular weight excluding hydrogens is 244 g/mol. The number of rotatable bonds is 1. The molecule has 0 aliphatic rings. The van der Waals surface area contributed by atoms with Gasteiger partial charge < -0.3 is 4.37 Å². The quantitative estimate of drug-likeness (QED) is 0.477. The molecule has 1 aromatic heterocycles. The average molecular weight is 257 g/mol. The molecule has 0 unspecified atom stereocenters. The molecule has 0 aliphatic carbocycles. The van der Waals surface area contributed by atoms with Crippen LogP contribution < -0.4 is 5.43 Å². The zero-order chi connectivity index (χ0) is 12.7. The molecule has 0 radical (unpaired) electrons. The largest absolute Gasteiger partial charge is 0.575 e. The Hall–Kier alpha value is -1.87. The van der Waals surface area contributed by atoms with E-state index in [4.69, 9.17) is 0 Å². The lowest BCUT2D eigenvalue weighted by Gasteiger charge is -2.14. The Labute approximate surface area is 109 Å². The van der Waals surface area contributed by atoms with E-state index in [0.29, 0.717) is 0 Å². The Balaban J connectivity index is 2.56. The third kappa shape index (κ3) is 1.59. The summed E-state index contributed by atoms with van der Waals surface area (Å²) in [7, 11) is 3.84. The second-order valence-electron chi connectivity index (χ2n) is 4.38. The summed E-state index contributed by atoms with van der Waals surface area (Å²) in [5.74, 6) is 1.01. The molecule has 3 aromatic rings. The molecular formula is C15H13O2S+. The second-order valence-corrected chi connectivity index (χ2v) is 5.43. The molecule has 3 rings (SSSR count). The highest BCUT2D eigenvalue weighted by Gasteiger charge is 2.13. The van der Waals surface area contributed by atoms with Crippen LogP contribution in [0, 0.1) is 0 Å². The van der Waals surface area contributed by atoms with Gasteiger partial charge in [0.05, 0.1) is 0 Å². The van der Waals surface area contributed by atoms with E-state index in [0.717, 1.165) is 25.9 Å². The van der Waals surface area contributed by atoms with Crippen molar-refractivity contribution in [1.29, 1.82) is 0 Å². The third-order valence-electron chi connectivity index (χ3n) is 3.01. The molecule has 0 atom stereocenters. The minimum atomic E-state index is 0.114. The van der Waals surface area contributed by atoms with Crippen LogP contribution in [-0.2, 0) is 4.37 Å². The lowest BCUT2D eigenvalue weighted by Crippen LogP contribution is -2.02. The summed E-state index contributed by atoms with van der Waals surface area (Å²) in [6.07, 6.45) is 0. The maximum atomic E-state index is 12.4. The summed E-state index contributed by atoms with van der Waals surface area (Å²) >= 11 is 1.66. The van der Waals surface area contributed by atoms with E-state index in [1.807, 2.05) is 56.7 Å². The highest BCUT2D eigenvalue weighted by Crippen LogP contribution is 2.35. The smallest absolute Gasteiger partial charge is 0.273 e. The summed E-state index contributed by atoms with van der Waals surface area (Å²) in [5, 5.41) is 1.59. The summed E-state index contributed by atoms with van der Waals surface area (Å²) in [6, 6.07) is 13.6. The van der Waals surface area contributed by atoms with E-state index < -0.39 is 0 Å². The summed E-state index contributed by atoms with van der Waals surface area (Å²) < 4.78 is 4.91. The zero-order valence-corrected chi connectivity index (χ0v) is 11.1. The fraction of sp³-hybridized carbons (Fsp3) is 0.133. The van der Waals surface area contributed by atoms with Crippen molar-refractivity contribution >= 4 is 31.5 Å². The highest BCUT2D eigenvalue weighted by molar-refractivity contribution is 7.24. The van der Waals surface area contributed by atoms with Crippen molar-refractivity contribution in [1.82, 2.24) is 0 Å². The van der Waals surface area contributed by atoms with Crippen molar-refractivity contribution in [3.63, 3.8) is 0 Å². The first-order valence-corrected chi connectivity index (χ1v) is 6.52. The number of benzene rings is 2. The second kappa shape index (κ2) is 4.10. The van der Waals surface area contributed by atoms with E-state index >= 15 is 0 Å². The Bertz CT molecular complexity index is 787. The topological polar surface area (TPSA) is 19.8 Å². The van der Waals surface area contributed by atoms with Gasteiger partial charge in [-0.25, -0.2) is 0 Å².